The molecule has 1 saturated heterocycles. The summed E-state index contributed by atoms with van der Waals surface area (Å²) in [7, 11) is 0. The Morgan fingerprint density at radius 1 is 0.946 bits per heavy atom. The average Bonchev–Trinajstić information content (AvgIpc) is 2.89. The third-order valence-electron chi connectivity index (χ3n) is 6.65. The van der Waals surface area contributed by atoms with Crippen molar-refractivity contribution in [2.75, 3.05) is 26.3 Å². The Morgan fingerprint density at radius 3 is 2.24 bits per heavy atom. The Kier molecular flexibility index (Phi) is 15.3. The summed E-state index contributed by atoms with van der Waals surface area (Å²) in [6.45, 7) is 5.99. The molecule has 0 radical (unpaired) electrons. The van der Waals surface area contributed by atoms with Crippen LogP contribution in [0.15, 0.2) is 22.7 Å². The summed E-state index contributed by atoms with van der Waals surface area (Å²) in [4.78, 5) is 39.8. The fourth-order valence-corrected chi connectivity index (χ4v) is 4.89. The molecule has 1 atom stereocenters. The number of unbranched alkanes of at least 4 members (excludes halogenated alkanes) is 10. The lowest BCUT2D eigenvalue weighted by Gasteiger charge is -2.34. The lowest BCUT2D eigenvalue weighted by molar-refractivity contribution is -0.147. The molecule has 1 N–H and O–H groups in total. The van der Waals surface area contributed by atoms with Crippen LogP contribution in [0.4, 0.5) is 0 Å². The Bertz CT molecular complexity index is 848. The van der Waals surface area contributed by atoms with E-state index < -0.39 is 12.0 Å². The summed E-state index contributed by atoms with van der Waals surface area (Å²) in [5.41, 5.74) is 0.438. The SMILES string of the molecule is CCCCCCCCCCCCOC(=O)CC1C(=O)NCCN1C(=O)c1ccc(OCCCC)c(Br)c1. The van der Waals surface area contributed by atoms with Crippen molar-refractivity contribution >= 4 is 33.7 Å². The largest absolute Gasteiger partial charge is 0.492 e. The number of hydrogen-bond acceptors (Lipinski definition) is 5. The van der Waals surface area contributed by atoms with E-state index in [1.54, 1.807) is 18.2 Å². The lowest BCUT2D eigenvalue weighted by Crippen LogP contribution is -2.57. The van der Waals surface area contributed by atoms with E-state index in [0.29, 0.717) is 42.1 Å². The van der Waals surface area contributed by atoms with E-state index in [1.807, 2.05) is 0 Å². The first kappa shape index (κ1) is 31.1. The van der Waals surface area contributed by atoms with Gasteiger partial charge in [-0.15, -0.1) is 0 Å². The van der Waals surface area contributed by atoms with Gasteiger partial charge in [-0.25, -0.2) is 0 Å². The standard InChI is InChI=1S/C29H45BrN2O5/c1-3-5-7-8-9-10-11-12-13-14-20-37-27(33)22-25-28(34)31-17-18-32(25)29(35)23-15-16-26(24(30)21-23)36-19-6-4-2/h15-16,21,25H,3-14,17-20,22H2,1-2H3,(H,31,34). The second-order valence-electron chi connectivity index (χ2n) is 9.76. The molecule has 1 aliphatic rings. The van der Waals surface area contributed by atoms with Gasteiger partial charge < -0.3 is 19.7 Å². The van der Waals surface area contributed by atoms with Crippen molar-refractivity contribution in [3.05, 3.63) is 28.2 Å². The molecule has 0 spiro atoms. The normalized spacial score (nSPS) is 15.4. The average molecular weight is 582 g/mol. The maximum absolute atomic E-state index is 13.3. The van der Waals surface area contributed by atoms with Gasteiger partial charge in [-0.2, -0.15) is 0 Å². The second kappa shape index (κ2) is 18.2. The van der Waals surface area contributed by atoms with Gasteiger partial charge in [-0.1, -0.05) is 78.1 Å². The molecule has 1 heterocycles. The van der Waals surface area contributed by atoms with Crippen molar-refractivity contribution in [1.82, 2.24) is 10.2 Å². The van der Waals surface area contributed by atoms with E-state index in [2.05, 4.69) is 35.1 Å². The molecule has 1 aromatic rings. The molecule has 2 amide bonds. The molecular formula is C29H45BrN2O5. The summed E-state index contributed by atoms with van der Waals surface area (Å²) >= 11 is 3.48. The van der Waals surface area contributed by atoms with Crippen LogP contribution in [-0.2, 0) is 14.3 Å². The van der Waals surface area contributed by atoms with E-state index in [0.717, 1.165) is 32.1 Å². The minimum Gasteiger partial charge on any atom is -0.492 e. The van der Waals surface area contributed by atoms with Crippen molar-refractivity contribution in [3.8, 4) is 5.75 Å². The third kappa shape index (κ3) is 11.5. The highest BCUT2D eigenvalue weighted by Gasteiger charge is 2.35. The number of nitrogens with one attached hydrogen (secondary N) is 1. The zero-order chi connectivity index (χ0) is 26.9. The zero-order valence-corrected chi connectivity index (χ0v) is 24.3. The predicted molar refractivity (Wildman–Crippen MR) is 150 cm³/mol. The number of nitrogens with zero attached hydrogens (tertiary/aromatic N) is 1. The molecule has 1 unspecified atom stereocenters. The van der Waals surface area contributed by atoms with Gasteiger partial charge in [0, 0.05) is 18.7 Å². The van der Waals surface area contributed by atoms with Gasteiger partial charge >= 0.3 is 5.97 Å². The van der Waals surface area contributed by atoms with Crippen molar-refractivity contribution in [2.45, 2.75) is 103 Å². The summed E-state index contributed by atoms with van der Waals surface area (Å²) < 4.78 is 11.8. The van der Waals surface area contributed by atoms with E-state index in [4.69, 9.17) is 9.47 Å². The zero-order valence-electron chi connectivity index (χ0n) is 22.7. The van der Waals surface area contributed by atoms with E-state index in [-0.39, 0.29) is 18.2 Å². The quantitative estimate of drug-likeness (QED) is 0.160. The van der Waals surface area contributed by atoms with Crippen LogP contribution in [0.3, 0.4) is 0 Å². The fourth-order valence-electron chi connectivity index (χ4n) is 4.40. The molecule has 0 saturated carbocycles. The maximum atomic E-state index is 13.3. The van der Waals surface area contributed by atoms with Crippen molar-refractivity contribution in [2.24, 2.45) is 0 Å². The molecule has 1 aromatic carbocycles. The van der Waals surface area contributed by atoms with Gasteiger partial charge in [0.1, 0.15) is 11.8 Å². The maximum Gasteiger partial charge on any atom is 0.308 e. The van der Waals surface area contributed by atoms with Crippen LogP contribution < -0.4 is 10.1 Å². The molecule has 8 heteroatoms. The summed E-state index contributed by atoms with van der Waals surface area (Å²) in [6, 6.07) is 4.28. The summed E-state index contributed by atoms with van der Waals surface area (Å²) in [5.74, 6) is -0.387. The summed E-state index contributed by atoms with van der Waals surface area (Å²) in [5, 5.41) is 2.76. The molecule has 0 bridgehead atoms. The van der Waals surface area contributed by atoms with Crippen LogP contribution in [-0.4, -0.2) is 55.0 Å². The molecule has 1 aliphatic heterocycles. The molecule has 7 nitrogen and oxygen atoms in total. The number of amides is 2. The molecule has 2 rings (SSSR count). The van der Waals surface area contributed by atoms with Gasteiger partial charge in [-0.05, 0) is 47.0 Å². The van der Waals surface area contributed by atoms with Gasteiger partial charge in [0.05, 0.1) is 24.1 Å². The highest BCUT2D eigenvalue weighted by atomic mass is 79.9. The number of piperazine rings is 1. The number of carbonyl (C=O) groups excluding carboxylic acids is 3. The van der Waals surface area contributed by atoms with Gasteiger partial charge in [-0.3, -0.25) is 14.4 Å². The number of esters is 1. The Labute approximate surface area is 231 Å². The highest BCUT2D eigenvalue weighted by molar-refractivity contribution is 9.10. The molecular weight excluding hydrogens is 536 g/mol. The van der Waals surface area contributed by atoms with Crippen LogP contribution in [0.2, 0.25) is 0 Å². The number of rotatable bonds is 18. The smallest absolute Gasteiger partial charge is 0.308 e. The number of ether oxygens (including phenoxy) is 2. The van der Waals surface area contributed by atoms with E-state index in [9.17, 15) is 14.4 Å². The monoisotopic (exact) mass is 580 g/mol. The van der Waals surface area contributed by atoms with Gasteiger partial charge in [0.15, 0.2) is 0 Å². The van der Waals surface area contributed by atoms with Crippen LogP contribution in [0.5, 0.6) is 5.75 Å². The van der Waals surface area contributed by atoms with Crippen LogP contribution >= 0.6 is 15.9 Å². The minimum absolute atomic E-state index is 0.144. The first-order valence-corrected chi connectivity index (χ1v) is 14.9. The van der Waals surface area contributed by atoms with E-state index in [1.165, 1.54) is 49.8 Å². The van der Waals surface area contributed by atoms with Crippen LogP contribution in [0.1, 0.15) is 108 Å². The van der Waals surface area contributed by atoms with Gasteiger partial charge in [0.2, 0.25) is 5.91 Å². The molecule has 208 valence electrons. The lowest BCUT2D eigenvalue weighted by atomic mass is 10.1. The molecule has 37 heavy (non-hydrogen) atoms. The third-order valence-corrected chi connectivity index (χ3v) is 7.27. The molecule has 0 aliphatic carbocycles. The van der Waals surface area contributed by atoms with Crippen molar-refractivity contribution < 1.29 is 23.9 Å². The van der Waals surface area contributed by atoms with Crippen molar-refractivity contribution in [3.63, 3.8) is 0 Å². The Morgan fingerprint density at radius 2 is 1.59 bits per heavy atom. The fraction of sp³-hybridized carbons (Fsp3) is 0.690. The topological polar surface area (TPSA) is 84.9 Å². The van der Waals surface area contributed by atoms with Crippen LogP contribution in [0.25, 0.3) is 0 Å². The number of benzene rings is 1. The highest BCUT2D eigenvalue weighted by Crippen LogP contribution is 2.27. The van der Waals surface area contributed by atoms with Gasteiger partial charge in [0.25, 0.3) is 5.91 Å². The first-order chi connectivity index (χ1) is 18.0. The molecule has 1 fully saturated rings. The predicted octanol–water partition coefficient (Wildman–Crippen LogP) is 6.42. The molecule has 0 aromatic heterocycles. The number of carbonyl (C=O) groups is 3. The minimum atomic E-state index is -0.874. The summed E-state index contributed by atoms with van der Waals surface area (Å²) in [6.07, 6.45) is 13.9. The number of halogens is 1. The Balaban J connectivity index is 1.77. The van der Waals surface area contributed by atoms with E-state index >= 15 is 0 Å². The first-order valence-electron chi connectivity index (χ1n) is 14.1. The second-order valence-corrected chi connectivity index (χ2v) is 10.6. The van der Waals surface area contributed by atoms with Crippen molar-refractivity contribution in [1.29, 1.82) is 0 Å². The van der Waals surface area contributed by atoms with Crippen LogP contribution in [0, 0.1) is 0 Å². The number of hydrogen-bond donors (Lipinski definition) is 1. The Hall–Kier alpha value is -2.09.